The standard InChI is InChI=1S/C19H32N3O4S/c1-18(2)9-12(10-19(3,4)22(18)25)26-15(23)8-6-5-7-14-16-13(11-27-14)20-17(24)21-16/h12-14,16H,5-11H2,1-4H3,(H2,20,21,24)/t13-,14-,16-/m0/s1. The number of hydrogen-bond acceptors (Lipinski definition) is 5. The lowest BCUT2D eigenvalue weighted by Crippen LogP contribution is -2.60. The summed E-state index contributed by atoms with van der Waals surface area (Å²) in [7, 11) is 0. The highest BCUT2D eigenvalue weighted by Crippen LogP contribution is 2.38. The lowest BCUT2D eigenvalue weighted by atomic mass is 9.80. The van der Waals surface area contributed by atoms with Crippen LogP contribution in [0, 0.1) is 0 Å². The van der Waals surface area contributed by atoms with Crippen molar-refractivity contribution in [3.63, 3.8) is 0 Å². The molecule has 2 amide bonds. The van der Waals surface area contributed by atoms with Crippen LogP contribution in [0.4, 0.5) is 4.79 Å². The first-order chi connectivity index (χ1) is 12.6. The van der Waals surface area contributed by atoms with Crippen LogP contribution >= 0.6 is 11.8 Å². The number of esters is 1. The minimum Gasteiger partial charge on any atom is -0.462 e. The van der Waals surface area contributed by atoms with Crippen LogP contribution in [-0.4, -0.2) is 57.3 Å². The Bertz CT molecular complexity index is 565. The molecule has 7 nitrogen and oxygen atoms in total. The van der Waals surface area contributed by atoms with Gasteiger partial charge in [0.05, 0.1) is 12.1 Å². The molecule has 0 aliphatic carbocycles. The number of ether oxygens (including phenoxy) is 1. The average Bonchev–Trinajstić information content (AvgIpc) is 3.08. The van der Waals surface area contributed by atoms with Crippen molar-refractivity contribution in [2.45, 2.75) is 101 Å². The number of nitrogens with zero attached hydrogens (tertiary/aromatic N) is 1. The summed E-state index contributed by atoms with van der Waals surface area (Å²) in [5.74, 6) is 0.791. The molecule has 0 aromatic carbocycles. The monoisotopic (exact) mass is 398 g/mol. The summed E-state index contributed by atoms with van der Waals surface area (Å²) in [6.45, 7) is 7.63. The molecular formula is C19H32N3O4S. The van der Waals surface area contributed by atoms with Gasteiger partial charge < -0.3 is 15.4 Å². The third kappa shape index (κ3) is 4.71. The molecule has 2 N–H and O–H groups in total. The van der Waals surface area contributed by atoms with Crippen molar-refractivity contribution in [3.8, 4) is 0 Å². The summed E-state index contributed by atoms with van der Waals surface area (Å²) in [5, 5.41) is 19.9. The van der Waals surface area contributed by atoms with E-state index in [9.17, 15) is 14.8 Å². The fourth-order valence-corrected chi connectivity index (χ4v) is 6.30. The molecule has 0 saturated carbocycles. The third-order valence-electron chi connectivity index (χ3n) is 5.91. The van der Waals surface area contributed by atoms with Gasteiger partial charge in [-0.2, -0.15) is 11.8 Å². The molecule has 153 valence electrons. The first kappa shape index (κ1) is 20.7. The van der Waals surface area contributed by atoms with Gasteiger partial charge in [-0.05, 0) is 40.5 Å². The van der Waals surface area contributed by atoms with Crippen LogP contribution in [0.15, 0.2) is 0 Å². The Morgan fingerprint density at radius 3 is 2.52 bits per heavy atom. The molecule has 3 aliphatic rings. The Hall–Kier alpha value is -0.990. The third-order valence-corrected chi connectivity index (χ3v) is 7.42. The molecule has 27 heavy (non-hydrogen) atoms. The van der Waals surface area contributed by atoms with Gasteiger partial charge in [-0.1, -0.05) is 6.42 Å². The normalized spacial score (nSPS) is 32.6. The molecule has 3 rings (SSSR count). The van der Waals surface area contributed by atoms with Crippen LogP contribution in [0.3, 0.4) is 0 Å². The Balaban J connectivity index is 1.37. The van der Waals surface area contributed by atoms with Crippen molar-refractivity contribution in [3.05, 3.63) is 0 Å². The van der Waals surface area contributed by atoms with E-state index in [1.807, 2.05) is 39.5 Å². The predicted molar refractivity (Wildman–Crippen MR) is 104 cm³/mol. The summed E-state index contributed by atoms with van der Waals surface area (Å²) in [5.41, 5.74) is -1.05. The first-order valence-corrected chi connectivity index (χ1v) is 11.0. The van der Waals surface area contributed by atoms with Crippen molar-refractivity contribution >= 4 is 23.8 Å². The minimum absolute atomic E-state index is 0.0612. The van der Waals surface area contributed by atoms with E-state index in [1.54, 1.807) is 0 Å². The highest BCUT2D eigenvalue weighted by Gasteiger charge is 2.47. The molecule has 3 atom stereocenters. The second-order valence-corrected chi connectivity index (χ2v) is 10.6. The topological polar surface area (TPSA) is 90.6 Å². The molecule has 0 spiro atoms. The molecule has 3 aliphatic heterocycles. The molecule has 0 unspecified atom stereocenters. The number of rotatable bonds is 6. The Labute approximate surface area is 165 Å². The Kier molecular flexibility index (Phi) is 5.99. The van der Waals surface area contributed by atoms with Gasteiger partial charge in [-0.15, -0.1) is 10.3 Å². The molecule has 3 heterocycles. The van der Waals surface area contributed by atoms with Crippen molar-refractivity contribution < 1.29 is 19.5 Å². The minimum atomic E-state index is -0.525. The molecular weight excluding hydrogens is 366 g/mol. The number of urea groups is 1. The van der Waals surface area contributed by atoms with Crippen LogP contribution < -0.4 is 10.6 Å². The van der Waals surface area contributed by atoms with E-state index in [2.05, 4.69) is 10.6 Å². The van der Waals surface area contributed by atoms with Crippen LogP contribution in [0.5, 0.6) is 0 Å². The summed E-state index contributed by atoms with van der Waals surface area (Å²) in [6, 6.07) is 0.404. The molecule has 0 aromatic rings. The summed E-state index contributed by atoms with van der Waals surface area (Å²) >= 11 is 1.90. The van der Waals surface area contributed by atoms with Crippen molar-refractivity contribution in [1.82, 2.24) is 15.7 Å². The largest absolute Gasteiger partial charge is 0.462 e. The SMILES string of the molecule is CC1(C)CC(OC(=O)CCCC[C@@H]2SC[C@@H]3NC(=O)N[C@@H]32)CC(C)(C)N1[O]. The van der Waals surface area contributed by atoms with Crippen molar-refractivity contribution in [2.75, 3.05) is 5.75 Å². The number of hydrogen-bond donors (Lipinski definition) is 2. The van der Waals surface area contributed by atoms with Gasteiger partial charge in [0.15, 0.2) is 0 Å². The van der Waals surface area contributed by atoms with Gasteiger partial charge in [0.1, 0.15) is 6.10 Å². The lowest BCUT2D eigenvalue weighted by Gasteiger charge is -2.49. The van der Waals surface area contributed by atoms with E-state index in [-0.39, 0.29) is 30.2 Å². The number of carbonyl (C=O) groups is 2. The van der Waals surface area contributed by atoms with Crippen LogP contribution in [0.2, 0.25) is 0 Å². The number of nitrogens with one attached hydrogen (secondary N) is 2. The fourth-order valence-electron chi connectivity index (χ4n) is 4.76. The van der Waals surface area contributed by atoms with Crippen LogP contribution in [0.25, 0.3) is 0 Å². The van der Waals surface area contributed by atoms with Gasteiger partial charge >= 0.3 is 12.0 Å². The molecule has 0 bridgehead atoms. The fraction of sp³-hybridized carbons (Fsp3) is 0.895. The summed E-state index contributed by atoms with van der Waals surface area (Å²) < 4.78 is 5.69. The lowest BCUT2D eigenvalue weighted by molar-refractivity contribution is -0.299. The second-order valence-electron chi connectivity index (χ2n) is 9.31. The van der Waals surface area contributed by atoms with Gasteiger partial charge in [-0.25, -0.2) is 4.79 Å². The van der Waals surface area contributed by atoms with E-state index in [0.717, 1.165) is 30.1 Å². The van der Waals surface area contributed by atoms with E-state index >= 15 is 0 Å². The highest BCUT2D eigenvalue weighted by molar-refractivity contribution is 8.00. The van der Waals surface area contributed by atoms with Gasteiger partial charge in [0.2, 0.25) is 0 Å². The number of unbranched alkanes of at least 4 members (excludes halogenated alkanes) is 1. The maximum atomic E-state index is 12.4. The maximum absolute atomic E-state index is 12.4. The van der Waals surface area contributed by atoms with Crippen LogP contribution in [0.1, 0.15) is 66.2 Å². The molecule has 8 heteroatoms. The highest BCUT2D eigenvalue weighted by atomic mass is 32.2. The Morgan fingerprint density at radius 1 is 1.19 bits per heavy atom. The van der Waals surface area contributed by atoms with E-state index in [0.29, 0.717) is 24.5 Å². The number of carbonyl (C=O) groups excluding carboxylic acids is 2. The van der Waals surface area contributed by atoms with E-state index < -0.39 is 11.1 Å². The molecule has 3 saturated heterocycles. The molecule has 1 radical (unpaired) electrons. The summed E-state index contributed by atoms with van der Waals surface area (Å²) in [4.78, 5) is 23.7. The van der Waals surface area contributed by atoms with Crippen LogP contribution in [-0.2, 0) is 14.7 Å². The number of amides is 2. The number of piperidine rings is 1. The zero-order valence-corrected chi connectivity index (χ0v) is 17.6. The predicted octanol–water partition coefficient (Wildman–Crippen LogP) is 2.62. The van der Waals surface area contributed by atoms with Gasteiger partial charge in [0.25, 0.3) is 0 Å². The number of fused-ring (bicyclic) bond motifs is 1. The zero-order valence-electron chi connectivity index (χ0n) is 16.7. The summed E-state index contributed by atoms with van der Waals surface area (Å²) in [6.07, 6.45) is 4.09. The number of hydroxylamine groups is 2. The maximum Gasteiger partial charge on any atom is 0.315 e. The Morgan fingerprint density at radius 2 is 1.85 bits per heavy atom. The number of thioether (sulfide) groups is 1. The zero-order chi connectivity index (χ0) is 19.8. The van der Waals surface area contributed by atoms with Gasteiger partial charge in [0, 0.05) is 41.3 Å². The quantitative estimate of drug-likeness (QED) is 0.408. The molecule has 3 fully saturated rings. The van der Waals surface area contributed by atoms with Gasteiger partial charge in [-0.3, -0.25) is 4.79 Å². The van der Waals surface area contributed by atoms with Crippen molar-refractivity contribution in [1.29, 1.82) is 0 Å². The van der Waals surface area contributed by atoms with E-state index in [1.165, 1.54) is 0 Å². The second kappa shape index (κ2) is 7.79. The smallest absolute Gasteiger partial charge is 0.315 e. The van der Waals surface area contributed by atoms with Crippen molar-refractivity contribution in [2.24, 2.45) is 0 Å². The molecule has 0 aromatic heterocycles. The van der Waals surface area contributed by atoms with E-state index in [4.69, 9.17) is 4.74 Å². The first-order valence-electron chi connectivity index (χ1n) is 9.94. The average molecular weight is 399 g/mol.